The number of unbranched alkanes of at least 4 members (excludes halogenated alkanes) is 2. The molecule has 1 aromatic rings. The van der Waals surface area contributed by atoms with Crippen molar-refractivity contribution in [2.45, 2.75) is 25.8 Å². The molecule has 0 spiro atoms. The number of nitriles is 1. The van der Waals surface area contributed by atoms with Crippen LogP contribution >= 0.6 is 11.6 Å². The number of hydrogen-bond donors (Lipinski definition) is 0. The predicted octanol–water partition coefficient (Wildman–Crippen LogP) is 2.16. The van der Waals surface area contributed by atoms with E-state index in [0.29, 0.717) is 5.82 Å². The Labute approximate surface area is 83.0 Å². The van der Waals surface area contributed by atoms with Crippen molar-refractivity contribution in [3.63, 3.8) is 0 Å². The number of hydrogen-bond acceptors (Lipinski definition) is 2. The van der Waals surface area contributed by atoms with Crippen LogP contribution in [0.15, 0.2) is 12.4 Å². The second-order valence-electron chi connectivity index (χ2n) is 2.81. The van der Waals surface area contributed by atoms with Crippen molar-refractivity contribution >= 4 is 11.6 Å². The van der Waals surface area contributed by atoms with Crippen molar-refractivity contribution in [3.05, 3.63) is 18.2 Å². The van der Waals surface area contributed by atoms with E-state index in [1.54, 1.807) is 6.20 Å². The molecule has 1 rings (SSSR count). The van der Waals surface area contributed by atoms with Gasteiger partial charge >= 0.3 is 0 Å². The van der Waals surface area contributed by atoms with Gasteiger partial charge in [-0.1, -0.05) is 6.42 Å². The molecule has 0 fully saturated rings. The molecule has 70 valence electrons. The van der Waals surface area contributed by atoms with Gasteiger partial charge in [0.05, 0.1) is 0 Å². The van der Waals surface area contributed by atoms with Gasteiger partial charge in [0.1, 0.15) is 6.07 Å². The summed E-state index contributed by atoms with van der Waals surface area (Å²) in [6.07, 6.45) is 6.68. The highest BCUT2D eigenvalue weighted by atomic mass is 35.5. The van der Waals surface area contributed by atoms with Crippen LogP contribution in [0.2, 0.25) is 0 Å². The van der Waals surface area contributed by atoms with Gasteiger partial charge in [-0.25, -0.2) is 4.98 Å². The minimum absolute atomic E-state index is 0.492. The molecule has 0 unspecified atom stereocenters. The number of imidazole rings is 1. The third kappa shape index (κ3) is 3.08. The van der Waals surface area contributed by atoms with Gasteiger partial charge in [-0.3, -0.25) is 0 Å². The van der Waals surface area contributed by atoms with E-state index in [-0.39, 0.29) is 0 Å². The summed E-state index contributed by atoms with van der Waals surface area (Å²) in [5.41, 5.74) is 0. The van der Waals surface area contributed by atoms with E-state index in [9.17, 15) is 0 Å². The van der Waals surface area contributed by atoms with Gasteiger partial charge in [-0.2, -0.15) is 5.26 Å². The van der Waals surface area contributed by atoms with Crippen molar-refractivity contribution in [2.24, 2.45) is 0 Å². The van der Waals surface area contributed by atoms with Crippen molar-refractivity contribution in [3.8, 4) is 6.07 Å². The normalized spacial score (nSPS) is 9.85. The summed E-state index contributed by atoms with van der Waals surface area (Å²) in [5.74, 6) is 1.21. The fourth-order valence-corrected chi connectivity index (χ4v) is 1.35. The Morgan fingerprint density at radius 3 is 3.00 bits per heavy atom. The van der Waals surface area contributed by atoms with Gasteiger partial charge < -0.3 is 4.57 Å². The standard InChI is InChI=1S/C9H12ClN3/c10-4-2-1-3-6-13-7-5-12-9(13)8-11/h5,7H,1-4,6H2. The summed E-state index contributed by atoms with van der Waals surface area (Å²) in [6.45, 7) is 0.861. The smallest absolute Gasteiger partial charge is 0.212 e. The van der Waals surface area contributed by atoms with Crippen LogP contribution in [0.5, 0.6) is 0 Å². The van der Waals surface area contributed by atoms with Crippen molar-refractivity contribution in [2.75, 3.05) is 5.88 Å². The molecule has 1 aromatic heterocycles. The Morgan fingerprint density at radius 1 is 1.46 bits per heavy atom. The molecule has 1 heterocycles. The topological polar surface area (TPSA) is 41.6 Å². The molecule has 0 bridgehead atoms. The largest absolute Gasteiger partial charge is 0.323 e. The molecular formula is C9H12ClN3. The van der Waals surface area contributed by atoms with Crippen LogP contribution in [-0.2, 0) is 6.54 Å². The molecule has 0 atom stereocenters. The molecule has 0 saturated heterocycles. The fraction of sp³-hybridized carbons (Fsp3) is 0.556. The first-order valence-corrected chi connectivity index (χ1v) is 4.89. The van der Waals surface area contributed by atoms with Crippen molar-refractivity contribution in [1.82, 2.24) is 9.55 Å². The minimum atomic E-state index is 0.492. The highest BCUT2D eigenvalue weighted by Crippen LogP contribution is 2.02. The fourth-order valence-electron chi connectivity index (χ4n) is 1.16. The van der Waals surface area contributed by atoms with E-state index >= 15 is 0 Å². The number of aromatic nitrogens is 2. The van der Waals surface area contributed by atoms with Crippen molar-refractivity contribution in [1.29, 1.82) is 5.26 Å². The van der Waals surface area contributed by atoms with Gasteiger partial charge in [-0.15, -0.1) is 11.6 Å². The Morgan fingerprint density at radius 2 is 2.31 bits per heavy atom. The summed E-state index contributed by atoms with van der Waals surface area (Å²) < 4.78 is 1.87. The summed E-state index contributed by atoms with van der Waals surface area (Å²) in [6, 6.07) is 2.04. The number of halogens is 1. The van der Waals surface area contributed by atoms with E-state index in [2.05, 4.69) is 4.98 Å². The molecule has 0 aliphatic carbocycles. The molecule has 0 aliphatic rings. The number of aryl methyl sites for hydroxylation is 1. The molecule has 0 saturated carbocycles. The maximum atomic E-state index is 8.66. The van der Waals surface area contributed by atoms with Gasteiger partial charge in [0.2, 0.25) is 5.82 Å². The summed E-state index contributed by atoms with van der Waals surface area (Å²) in [7, 11) is 0. The maximum absolute atomic E-state index is 8.66. The molecule has 13 heavy (non-hydrogen) atoms. The van der Waals surface area contributed by atoms with Gasteiger partial charge in [0, 0.05) is 24.8 Å². The minimum Gasteiger partial charge on any atom is -0.323 e. The lowest BCUT2D eigenvalue weighted by molar-refractivity contribution is 0.598. The van der Waals surface area contributed by atoms with Crippen LogP contribution in [0.3, 0.4) is 0 Å². The maximum Gasteiger partial charge on any atom is 0.212 e. The summed E-state index contributed by atoms with van der Waals surface area (Å²) in [4.78, 5) is 3.91. The Kier molecular flexibility index (Phi) is 4.34. The number of alkyl halides is 1. The highest BCUT2D eigenvalue weighted by Gasteiger charge is 1.99. The molecule has 0 N–H and O–H groups in total. The van der Waals surface area contributed by atoms with E-state index in [1.165, 1.54) is 0 Å². The zero-order chi connectivity index (χ0) is 9.52. The molecular weight excluding hydrogens is 186 g/mol. The van der Waals surface area contributed by atoms with E-state index in [4.69, 9.17) is 16.9 Å². The lowest BCUT2D eigenvalue weighted by Crippen LogP contribution is -1.99. The molecule has 0 radical (unpaired) electrons. The molecule has 0 aliphatic heterocycles. The van der Waals surface area contributed by atoms with E-state index < -0.39 is 0 Å². The van der Waals surface area contributed by atoms with Crippen LogP contribution in [-0.4, -0.2) is 15.4 Å². The Hall–Kier alpha value is -1.01. The zero-order valence-corrected chi connectivity index (χ0v) is 8.17. The quantitative estimate of drug-likeness (QED) is 0.536. The summed E-state index contributed by atoms with van der Waals surface area (Å²) in [5, 5.41) is 8.66. The third-order valence-corrected chi connectivity index (χ3v) is 2.12. The summed E-state index contributed by atoms with van der Waals surface area (Å²) >= 11 is 5.55. The Balaban J connectivity index is 2.33. The number of nitrogens with zero attached hydrogens (tertiary/aromatic N) is 3. The first-order valence-electron chi connectivity index (χ1n) is 4.35. The second kappa shape index (κ2) is 5.60. The second-order valence-corrected chi connectivity index (χ2v) is 3.18. The third-order valence-electron chi connectivity index (χ3n) is 1.85. The van der Waals surface area contributed by atoms with Crippen LogP contribution in [0, 0.1) is 11.3 Å². The zero-order valence-electron chi connectivity index (χ0n) is 7.41. The van der Waals surface area contributed by atoms with Crippen LogP contribution < -0.4 is 0 Å². The molecule has 0 aromatic carbocycles. The lowest BCUT2D eigenvalue weighted by atomic mass is 10.2. The SMILES string of the molecule is N#Cc1nccn1CCCCCCl. The van der Waals surface area contributed by atoms with Gasteiger partial charge in [-0.05, 0) is 12.8 Å². The van der Waals surface area contributed by atoms with Crippen LogP contribution in [0.1, 0.15) is 25.1 Å². The number of rotatable bonds is 5. The lowest BCUT2D eigenvalue weighted by Gasteiger charge is -2.01. The molecule has 4 heteroatoms. The average molecular weight is 198 g/mol. The Bertz CT molecular complexity index is 287. The molecule has 0 amide bonds. The first-order chi connectivity index (χ1) is 6.38. The van der Waals surface area contributed by atoms with Gasteiger partial charge in [0.15, 0.2) is 0 Å². The highest BCUT2D eigenvalue weighted by molar-refractivity contribution is 6.17. The monoisotopic (exact) mass is 197 g/mol. The van der Waals surface area contributed by atoms with Crippen LogP contribution in [0.4, 0.5) is 0 Å². The van der Waals surface area contributed by atoms with Gasteiger partial charge in [0.25, 0.3) is 0 Å². The van der Waals surface area contributed by atoms with E-state index in [1.807, 2.05) is 16.8 Å². The predicted molar refractivity (Wildman–Crippen MR) is 51.5 cm³/mol. The van der Waals surface area contributed by atoms with E-state index in [0.717, 1.165) is 31.7 Å². The first kappa shape index (κ1) is 10.1. The average Bonchev–Trinajstić information content (AvgIpc) is 2.60. The van der Waals surface area contributed by atoms with Crippen LogP contribution in [0.25, 0.3) is 0 Å². The molecule has 3 nitrogen and oxygen atoms in total. The van der Waals surface area contributed by atoms with Crippen molar-refractivity contribution < 1.29 is 0 Å².